The molecule has 1 aliphatic rings. The van der Waals surface area contributed by atoms with Gasteiger partial charge in [0.2, 0.25) is 0 Å². The van der Waals surface area contributed by atoms with Gasteiger partial charge >= 0.3 is 0 Å². The first-order valence-electron chi connectivity index (χ1n) is 10.2. The molecule has 2 atom stereocenters. The van der Waals surface area contributed by atoms with Gasteiger partial charge < -0.3 is 9.64 Å². The Hall–Kier alpha value is -3.22. The molecule has 0 saturated carbocycles. The number of para-hydroxylation sites is 1. The highest BCUT2D eigenvalue weighted by Crippen LogP contribution is 2.27. The smallest absolute Gasteiger partial charge is 0.256 e. The van der Waals surface area contributed by atoms with Crippen molar-refractivity contribution in [2.45, 2.75) is 32.7 Å². The lowest BCUT2D eigenvalue weighted by molar-refractivity contribution is 0.0502. The Morgan fingerprint density at radius 3 is 2.70 bits per heavy atom. The van der Waals surface area contributed by atoms with E-state index >= 15 is 0 Å². The van der Waals surface area contributed by atoms with E-state index < -0.39 is 0 Å². The van der Waals surface area contributed by atoms with Gasteiger partial charge in [-0.05, 0) is 51.0 Å². The fourth-order valence-corrected chi connectivity index (χ4v) is 3.86. The van der Waals surface area contributed by atoms with Crippen LogP contribution in [0.4, 0.5) is 4.39 Å². The Balaban J connectivity index is 1.52. The minimum Gasteiger partial charge on any atom is -0.490 e. The number of hydrogen-bond donors (Lipinski definition) is 0. The van der Waals surface area contributed by atoms with Crippen molar-refractivity contribution >= 4 is 5.91 Å². The van der Waals surface area contributed by atoms with Gasteiger partial charge in [0, 0.05) is 18.5 Å². The molecule has 4 rings (SSSR count). The fourth-order valence-electron chi connectivity index (χ4n) is 3.86. The molecule has 1 aliphatic heterocycles. The molecule has 0 radical (unpaired) electrons. The Kier molecular flexibility index (Phi) is 5.79. The minimum atomic E-state index is -0.370. The van der Waals surface area contributed by atoms with E-state index in [4.69, 9.17) is 4.74 Å². The molecule has 1 amide bonds. The topological polar surface area (TPSA) is 60.2 Å². The van der Waals surface area contributed by atoms with E-state index in [1.807, 2.05) is 30.0 Å². The summed E-state index contributed by atoms with van der Waals surface area (Å²) in [4.78, 5) is 16.9. The highest BCUT2D eigenvalue weighted by molar-refractivity contribution is 5.98. The van der Waals surface area contributed by atoms with Gasteiger partial charge in [0.05, 0.1) is 30.3 Å². The van der Waals surface area contributed by atoms with Crippen molar-refractivity contribution in [2.75, 3.05) is 13.2 Å². The van der Waals surface area contributed by atoms with E-state index in [0.29, 0.717) is 24.4 Å². The number of aromatic nitrogens is 3. The maximum absolute atomic E-state index is 13.8. The number of carbonyl (C=O) groups excluding carboxylic acids is 1. The van der Waals surface area contributed by atoms with Gasteiger partial charge in [-0.2, -0.15) is 15.0 Å². The quantitative estimate of drug-likeness (QED) is 0.639. The molecule has 7 heteroatoms. The number of carbonyl (C=O) groups is 1. The van der Waals surface area contributed by atoms with Crippen LogP contribution in [0, 0.1) is 18.7 Å². The fraction of sp³-hybridized carbons (Fsp3) is 0.348. The van der Waals surface area contributed by atoms with Crippen molar-refractivity contribution in [1.29, 1.82) is 0 Å². The third-order valence-electron chi connectivity index (χ3n) is 5.57. The van der Waals surface area contributed by atoms with Crippen molar-refractivity contribution in [3.05, 3.63) is 71.8 Å². The van der Waals surface area contributed by atoms with Crippen LogP contribution in [0.2, 0.25) is 0 Å². The lowest BCUT2D eigenvalue weighted by Gasteiger charge is -2.38. The first-order valence-corrected chi connectivity index (χ1v) is 10.2. The number of ether oxygens (including phenoxy) is 1. The number of likely N-dealkylation sites (tertiary alicyclic amines) is 1. The van der Waals surface area contributed by atoms with Crippen molar-refractivity contribution in [1.82, 2.24) is 19.9 Å². The van der Waals surface area contributed by atoms with Crippen LogP contribution in [0.3, 0.4) is 0 Å². The maximum Gasteiger partial charge on any atom is 0.256 e. The van der Waals surface area contributed by atoms with Gasteiger partial charge in [-0.1, -0.05) is 23.8 Å². The third-order valence-corrected chi connectivity index (χ3v) is 5.57. The average molecular weight is 408 g/mol. The largest absolute Gasteiger partial charge is 0.490 e. The number of benzene rings is 2. The molecule has 0 aliphatic carbocycles. The van der Waals surface area contributed by atoms with Crippen LogP contribution < -0.4 is 4.74 Å². The predicted octanol–water partition coefficient (Wildman–Crippen LogP) is 4.03. The van der Waals surface area contributed by atoms with E-state index in [0.717, 1.165) is 18.4 Å². The van der Waals surface area contributed by atoms with Crippen LogP contribution in [0.15, 0.2) is 54.9 Å². The summed E-state index contributed by atoms with van der Waals surface area (Å²) in [5, 5.41) is 8.38. The summed E-state index contributed by atoms with van der Waals surface area (Å²) in [5.41, 5.74) is 2.24. The van der Waals surface area contributed by atoms with E-state index in [9.17, 15) is 9.18 Å². The third kappa shape index (κ3) is 4.20. The van der Waals surface area contributed by atoms with Gasteiger partial charge in [0.15, 0.2) is 11.6 Å². The van der Waals surface area contributed by atoms with Gasteiger partial charge in [0.25, 0.3) is 5.91 Å². The molecule has 1 saturated heterocycles. The number of hydrogen-bond acceptors (Lipinski definition) is 4. The summed E-state index contributed by atoms with van der Waals surface area (Å²) in [6.45, 7) is 4.96. The molecule has 6 nitrogen and oxygen atoms in total. The van der Waals surface area contributed by atoms with Crippen LogP contribution in [0.5, 0.6) is 5.75 Å². The summed E-state index contributed by atoms with van der Waals surface area (Å²) in [6.07, 6.45) is 4.99. The normalized spacial score (nSPS) is 19.0. The Morgan fingerprint density at radius 2 is 1.93 bits per heavy atom. The van der Waals surface area contributed by atoms with Crippen LogP contribution in [0.25, 0.3) is 5.69 Å². The Bertz CT molecular complexity index is 1020. The van der Waals surface area contributed by atoms with Crippen LogP contribution >= 0.6 is 0 Å². The zero-order valence-electron chi connectivity index (χ0n) is 17.2. The molecule has 3 aromatic rings. The summed E-state index contributed by atoms with van der Waals surface area (Å²) >= 11 is 0. The molecule has 2 aromatic carbocycles. The number of piperidine rings is 1. The SMILES string of the molecule is Cc1ccc(-n2nccn2)c(C(=O)N2C[C@@H](COc3ccccc3F)CC[C@@H]2C)c1. The van der Waals surface area contributed by atoms with Crippen molar-refractivity contribution in [2.24, 2.45) is 5.92 Å². The van der Waals surface area contributed by atoms with Crippen LogP contribution in [-0.2, 0) is 0 Å². The van der Waals surface area contributed by atoms with Crippen LogP contribution in [0.1, 0.15) is 35.7 Å². The molecule has 0 spiro atoms. The van der Waals surface area contributed by atoms with Gasteiger partial charge in [-0.15, -0.1) is 0 Å². The highest BCUT2D eigenvalue weighted by atomic mass is 19.1. The first-order chi connectivity index (χ1) is 14.5. The number of amides is 1. The number of rotatable bonds is 5. The van der Waals surface area contributed by atoms with Gasteiger partial charge in [0.1, 0.15) is 0 Å². The molecule has 1 aromatic heterocycles. The molecule has 0 N–H and O–H groups in total. The molecular formula is C23H25FN4O2. The Morgan fingerprint density at radius 1 is 1.17 bits per heavy atom. The monoisotopic (exact) mass is 408 g/mol. The predicted molar refractivity (Wildman–Crippen MR) is 111 cm³/mol. The van der Waals surface area contributed by atoms with Crippen molar-refractivity contribution in [3.63, 3.8) is 0 Å². The molecule has 2 heterocycles. The molecular weight excluding hydrogens is 383 g/mol. The van der Waals surface area contributed by atoms with E-state index in [1.165, 1.54) is 10.9 Å². The lowest BCUT2D eigenvalue weighted by atomic mass is 9.93. The summed E-state index contributed by atoms with van der Waals surface area (Å²) in [5.74, 6) is -0.0274. The Labute approximate surface area is 175 Å². The van der Waals surface area contributed by atoms with E-state index in [-0.39, 0.29) is 29.4 Å². The zero-order valence-corrected chi connectivity index (χ0v) is 17.2. The second-order valence-corrected chi connectivity index (χ2v) is 7.83. The highest BCUT2D eigenvalue weighted by Gasteiger charge is 2.31. The summed E-state index contributed by atoms with van der Waals surface area (Å²) < 4.78 is 19.6. The summed E-state index contributed by atoms with van der Waals surface area (Å²) in [6, 6.07) is 12.2. The second kappa shape index (κ2) is 8.65. The molecule has 30 heavy (non-hydrogen) atoms. The average Bonchev–Trinajstić information content (AvgIpc) is 3.28. The second-order valence-electron chi connectivity index (χ2n) is 7.83. The van der Waals surface area contributed by atoms with Gasteiger partial charge in [-0.25, -0.2) is 4.39 Å². The first kappa shape index (κ1) is 20.1. The van der Waals surface area contributed by atoms with E-state index in [2.05, 4.69) is 17.1 Å². The molecule has 0 unspecified atom stereocenters. The molecule has 1 fully saturated rings. The van der Waals surface area contributed by atoms with Crippen LogP contribution in [-0.4, -0.2) is 45.0 Å². The minimum absolute atomic E-state index is 0.0471. The van der Waals surface area contributed by atoms with Crippen molar-refractivity contribution < 1.29 is 13.9 Å². The molecule has 0 bridgehead atoms. The summed E-state index contributed by atoms with van der Waals surface area (Å²) in [7, 11) is 0. The number of nitrogens with zero attached hydrogens (tertiary/aromatic N) is 4. The van der Waals surface area contributed by atoms with Crippen molar-refractivity contribution in [3.8, 4) is 11.4 Å². The lowest BCUT2D eigenvalue weighted by Crippen LogP contribution is -2.47. The zero-order chi connectivity index (χ0) is 21.1. The maximum atomic E-state index is 13.8. The standard InChI is InChI=1S/C23H25FN4O2/c1-16-7-10-21(28-25-11-12-26-28)19(13-16)23(29)27-14-18(9-8-17(27)2)15-30-22-6-4-3-5-20(22)24/h3-7,10-13,17-18H,8-9,14-15H2,1-2H3/t17-,18-/m0/s1. The number of halogens is 1. The number of aryl methyl sites for hydroxylation is 1. The molecule has 156 valence electrons. The van der Waals surface area contributed by atoms with E-state index in [1.54, 1.807) is 30.6 Å². The van der Waals surface area contributed by atoms with Gasteiger partial charge in [-0.3, -0.25) is 4.79 Å².